The van der Waals surface area contributed by atoms with E-state index in [-0.39, 0.29) is 0 Å². The van der Waals surface area contributed by atoms with Crippen LogP contribution >= 0.6 is 0 Å². The molecule has 0 bridgehead atoms. The molecule has 5 heteroatoms. The summed E-state index contributed by atoms with van der Waals surface area (Å²) in [5.74, 6) is 0. The highest BCUT2D eigenvalue weighted by Crippen LogP contribution is 2.24. The molecule has 1 heterocycles. The Hall–Kier alpha value is -1.33. The van der Waals surface area contributed by atoms with E-state index in [0.29, 0.717) is 4.90 Å². The largest absolute Gasteiger partial charge is 0.350 e. The van der Waals surface area contributed by atoms with Gasteiger partial charge in [-0.05, 0) is 30.7 Å². The smallest absolute Gasteiger partial charge is 0.242 e. The Morgan fingerprint density at radius 3 is 2.47 bits per heavy atom. The molecule has 0 fully saturated rings. The topological polar surface area (TPSA) is 42.3 Å². The summed E-state index contributed by atoms with van der Waals surface area (Å²) >= 11 is 0. The van der Waals surface area contributed by atoms with Crippen LogP contribution in [0.4, 0.5) is 0 Å². The molecule has 0 aliphatic rings. The number of benzene rings is 1. The predicted molar refractivity (Wildman–Crippen MR) is 68.5 cm³/mol. The molecule has 0 aliphatic heterocycles. The van der Waals surface area contributed by atoms with Crippen LogP contribution in [0.25, 0.3) is 10.9 Å². The Balaban J connectivity index is 2.72. The lowest BCUT2D eigenvalue weighted by molar-refractivity contribution is 0.521. The molecule has 0 aliphatic carbocycles. The third-order valence-electron chi connectivity index (χ3n) is 2.94. The molecule has 0 saturated heterocycles. The first-order chi connectivity index (χ1) is 7.84. The highest BCUT2D eigenvalue weighted by atomic mass is 32.2. The first-order valence-corrected chi connectivity index (χ1v) is 6.76. The first kappa shape index (κ1) is 12.1. The van der Waals surface area contributed by atoms with Crippen molar-refractivity contribution in [3.8, 4) is 0 Å². The van der Waals surface area contributed by atoms with Gasteiger partial charge in [0.05, 0.1) is 4.90 Å². The van der Waals surface area contributed by atoms with Crippen molar-refractivity contribution in [1.82, 2.24) is 8.87 Å². The quantitative estimate of drug-likeness (QED) is 0.817. The summed E-state index contributed by atoms with van der Waals surface area (Å²) in [7, 11) is 1.68. The molecule has 0 N–H and O–H groups in total. The second-order valence-corrected chi connectivity index (χ2v) is 6.54. The van der Waals surface area contributed by atoms with Gasteiger partial charge in [-0.2, -0.15) is 0 Å². The van der Waals surface area contributed by atoms with Gasteiger partial charge in [0, 0.05) is 38.2 Å². The van der Waals surface area contributed by atoms with Gasteiger partial charge >= 0.3 is 0 Å². The highest BCUT2D eigenvalue weighted by molar-refractivity contribution is 7.89. The van der Waals surface area contributed by atoms with Gasteiger partial charge in [-0.1, -0.05) is 0 Å². The lowest BCUT2D eigenvalue weighted by Gasteiger charge is -2.11. The molecule has 2 rings (SSSR count). The third-order valence-corrected chi connectivity index (χ3v) is 4.75. The van der Waals surface area contributed by atoms with E-state index >= 15 is 0 Å². The molecular weight excluding hydrogens is 236 g/mol. The van der Waals surface area contributed by atoms with Crippen molar-refractivity contribution in [3.05, 3.63) is 30.0 Å². The van der Waals surface area contributed by atoms with Crippen molar-refractivity contribution in [2.45, 2.75) is 11.8 Å². The molecule has 0 unspecified atom stereocenters. The van der Waals surface area contributed by atoms with Crippen LogP contribution in [0.5, 0.6) is 0 Å². The van der Waals surface area contributed by atoms with Crippen LogP contribution in [-0.2, 0) is 17.1 Å². The average Bonchev–Trinajstić information content (AvgIpc) is 2.54. The van der Waals surface area contributed by atoms with E-state index in [2.05, 4.69) is 0 Å². The average molecular weight is 252 g/mol. The summed E-state index contributed by atoms with van der Waals surface area (Å²) in [6, 6.07) is 5.23. The molecule has 17 heavy (non-hydrogen) atoms. The first-order valence-electron chi connectivity index (χ1n) is 5.32. The van der Waals surface area contributed by atoms with Gasteiger partial charge < -0.3 is 4.57 Å². The molecule has 4 nitrogen and oxygen atoms in total. The van der Waals surface area contributed by atoms with Crippen LogP contribution in [0.2, 0.25) is 0 Å². The van der Waals surface area contributed by atoms with Crippen molar-refractivity contribution in [1.29, 1.82) is 0 Å². The summed E-state index contributed by atoms with van der Waals surface area (Å²) in [5, 5.41) is 0.982. The van der Waals surface area contributed by atoms with Gasteiger partial charge in [-0.3, -0.25) is 0 Å². The summed E-state index contributed by atoms with van der Waals surface area (Å²) in [6.07, 6.45) is 2.00. The monoisotopic (exact) mass is 252 g/mol. The second-order valence-electron chi connectivity index (χ2n) is 4.39. The van der Waals surface area contributed by atoms with E-state index in [4.69, 9.17) is 0 Å². The number of sulfonamides is 1. The maximum atomic E-state index is 12.0. The van der Waals surface area contributed by atoms with E-state index in [9.17, 15) is 8.42 Å². The maximum Gasteiger partial charge on any atom is 0.242 e. The molecule has 0 amide bonds. The predicted octanol–water partition coefficient (Wildman–Crippen LogP) is 1.74. The number of aromatic nitrogens is 1. The summed E-state index contributed by atoms with van der Waals surface area (Å²) in [5.41, 5.74) is 2.12. The van der Waals surface area contributed by atoms with Gasteiger partial charge in [0.25, 0.3) is 0 Å². The minimum atomic E-state index is -3.35. The fraction of sp³-hybridized carbons (Fsp3) is 0.333. The standard InChI is InChI=1S/C12H16N2O2S/c1-9-8-14(4)12-6-5-10(7-11(9)12)17(15,16)13(2)3/h5-8H,1-4H3. The van der Waals surface area contributed by atoms with E-state index in [1.165, 1.54) is 18.4 Å². The van der Waals surface area contributed by atoms with Gasteiger partial charge in [-0.15, -0.1) is 0 Å². The van der Waals surface area contributed by atoms with E-state index < -0.39 is 10.0 Å². The Bertz CT molecular complexity index is 669. The number of hydrogen-bond acceptors (Lipinski definition) is 2. The second kappa shape index (κ2) is 3.85. The molecular formula is C12H16N2O2S. The highest BCUT2D eigenvalue weighted by Gasteiger charge is 2.18. The number of hydrogen-bond donors (Lipinski definition) is 0. The van der Waals surface area contributed by atoms with Crippen LogP contribution in [0, 0.1) is 6.92 Å². The molecule has 1 aromatic heterocycles. The van der Waals surface area contributed by atoms with Crippen LogP contribution in [-0.4, -0.2) is 31.4 Å². The maximum absolute atomic E-state index is 12.0. The van der Waals surface area contributed by atoms with Gasteiger partial charge in [-0.25, -0.2) is 12.7 Å². The normalized spacial score (nSPS) is 12.5. The van der Waals surface area contributed by atoms with Crippen LogP contribution in [0.15, 0.2) is 29.3 Å². The summed E-state index contributed by atoms with van der Waals surface area (Å²) in [4.78, 5) is 0.337. The zero-order chi connectivity index (χ0) is 12.8. The fourth-order valence-electron chi connectivity index (χ4n) is 1.94. The Morgan fingerprint density at radius 1 is 1.24 bits per heavy atom. The Labute approximate surface area is 102 Å². The van der Waals surface area contributed by atoms with Crippen molar-refractivity contribution in [2.24, 2.45) is 7.05 Å². The molecule has 2 aromatic rings. The van der Waals surface area contributed by atoms with Gasteiger partial charge in [0.15, 0.2) is 0 Å². The molecule has 0 saturated carbocycles. The fourth-order valence-corrected chi connectivity index (χ4v) is 2.87. The van der Waals surface area contributed by atoms with Crippen LogP contribution in [0.3, 0.4) is 0 Å². The lowest BCUT2D eigenvalue weighted by Crippen LogP contribution is -2.22. The molecule has 1 aromatic carbocycles. The summed E-state index contributed by atoms with van der Waals surface area (Å²) in [6.45, 7) is 1.98. The van der Waals surface area contributed by atoms with Gasteiger partial charge in [0.1, 0.15) is 0 Å². The summed E-state index contributed by atoms with van der Waals surface area (Å²) < 4.78 is 27.3. The van der Waals surface area contributed by atoms with Crippen molar-refractivity contribution < 1.29 is 8.42 Å². The number of nitrogens with zero attached hydrogens (tertiary/aromatic N) is 2. The molecule has 0 radical (unpaired) electrons. The van der Waals surface area contributed by atoms with Crippen LogP contribution in [0.1, 0.15) is 5.56 Å². The zero-order valence-corrected chi connectivity index (χ0v) is 11.2. The Kier molecular flexibility index (Phi) is 2.75. The minimum absolute atomic E-state index is 0.337. The lowest BCUT2D eigenvalue weighted by atomic mass is 10.2. The molecule has 0 atom stereocenters. The van der Waals surface area contributed by atoms with E-state index in [1.54, 1.807) is 12.1 Å². The third kappa shape index (κ3) is 1.85. The Morgan fingerprint density at radius 2 is 1.88 bits per heavy atom. The number of aryl methyl sites for hydroxylation is 2. The van der Waals surface area contributed by atoms with Crippen molar-refractivity contribution in [2.75, 3.05) is 14.1 Å². The minimum Gasteiger partial charge on any atom is -0.350 e. The molecule has 0 spiro atoms. The van der Waals surface area contributed by atoms with Gasteiger partial charge in [0.2, 0.25) is 10.0 Å². The van der Waals surface area contributed by atoms with E-state index in [0.717, 1.165) is 16.5 Å². The van der Waals surface area contributed by atoms with Crippen LogP contribution < -0.4 is 0 Å². The van der Waals surface area contributed by atoms with Crippen molar-refractivity contribution in [3.63, 3.8) is 0 Å². The molecule has 92 valence electrons. The van der Waals surface area contributed by atoms with E-state index in [1.807, 2.05) is 30.8 Å². The van der Waals surface area contributed by atoms with Crippen molar-refractivity contribution >= 4 is 20.9 Å². The number of rotatable bonds is 2. The number of fused-ring (bicyclic) bond motifs is 1. The zero-order valence-electron chi connectivity index (χ0n) is 10.4. The SMILES string of the molecule is Cc1cn(C)c2ccc(S(=O)(=O)N(C)C)cc12.